The summed E-state index contributed by atoms with van der Waals surface area (Å²) in [6.07, 6.45) is 3.02. The molecule has 0 fully saturated rings. The molecule has 2 aromatic rings. The van der Waals surface area contributed by atoms with E-state index in [2.05, 4.69) is 15.6 Å². The molecule has 1 atom stereocenters. The van der Waals surface area contributed by atoms with Crippen LogP contribution in [0.4, 0.5) is 5.69 Å². The molecule has 0 radical (unpaired) electrons. The van der Waals surface area contributed by atoms with Crippen LogP contribution in [0.3, 0.4) is 0 Å². The minimum atomic E-state index is -3.27. The van der Waals surface area contributed by atoms with Gasteiger partial charge in [0.05, 0.1) is 21.4 Å². The van der Waals surface area contributed by atoms with Gasteiger partial charge in [-0.3, -0.25) is 9.78 Å². The Labute approximate surface area is 182 Å². The summed E-state index contributed by atoms with van der Waals surface area (Å²) >= 11 is 12.0. The van der Waals surface area contributed by atoms with Crippen molar-refractivity contribution in [3.05, 3.63) is 68.9 Å². The molecule has 0 saturated heterocycles. The number of anilines is 1. The maximum absolute atomic E-state index is 12.4. The number of sulfone groups is 1. The summed E-state index contributed by atoms with van der Waals surface area (Å²) < 4.78 is 23.0. The van der Waals surface area contributed by atoms with Crippen LogP contribution in [0, 0.1) is 0 Å². The number of carboxylic acids is 1. The highest BCUT2D eigenvalue weighted by atomic mass is 35.5. The van der Waals surface area contributed by atoms with Gasteiger partial charge in [-0.1, -0.05) is 35.3 Å². The maximum Gasteiger partial charge on any atom is 0.326 e. The standard InChI is InChI=1S/C19H17Cl2N3O5S/c20-14-8-22-9-15(21)17(14)18(25)24-12-3-1-11(2-4-12)7-16(19(26)27)23-13-5-6-30(28,29)10-13/h1-4,8-10,16,23H,5-7H2,(H,24,25)(H,26,27)/t16-/m0/s1. The number of hydrogen-bond donors (Lipinski definition) is 3. The summed E-state index contributed by atoms with van der Waals surface area (Å²) in [4.78, 5) is 27.8. The molecule has 0 saturated carbocycles. The highest BCUT2D eigenvalue weighted by Crippen LogP contribution is 2.24. The first-order valence-corrected chi connectivity index (χ1v) is 11.2. The van der Waals surface area contributed by atoms with Gasteiger partial charge >= 0.3 is 5.97 Å². The number of aliphatic carboxylic acids is 1. The Morgan fingerprint density at radius 3 is 2.30 bits per heavy atom. The Morgan fingerprint density at radius 1 is 1.13 bits per heavy atom. The molecule has 1 aromatic carbocycles. The van der Waals surface area contributed by atoms with Gasteiger partial charge in [-0.15, -0.1) is 0 Å². The lowest BCUT2D eigenvalue weighted by molar-refractivity contribution is -0.139. The highest BCUT2D eigenvalue weighted by Gasteiger charge is 2.24. The van der Waals surface area contributed by atoms with Crippen LogP contribution in [0.25, 0.3) is 0 Å². The Bertz CT molecular complexity index is 1100. The first-order valence-electron chi connectivity index (χ1n) is 8.76. The summed E-state index contributed by atoms with van der Waals surface area (Å²) in [6, 6.07) is 5.59. The molecular weight excluding hydrogens is 453 g/mol. The average molecular weight is 470 g/mol. The molecule has 1 amide bonds. The molecule has 0 bridgehead atoms. The lowest BCUT2D eigenvalue weighted by Crippen LogP contribution is -2.37. The molecule has 1 aliphatic heterocycles. The minimum Gasteiger partial charge on any atom is -0.480 e. The third kappa shape index (κ3) is 5.50. The van der Waals surface area contributed by atoms with Gasteiger partial charge in [-0.25, -0.2) is 13.2 Å². The summed E-state index contributed by atoms with van der Waals surface area (Å²) in [7, 11) is -3.27. The number of carbonyl (C=O) groups is 2. The highest BCUT2D eigenvalue weighted by molar-refractivity contribution is 7.94. The third-order valence-electron chi connectivity index (χ3n) is 4.37. The van der Waals surface area contributed by atoms with Crippen molar-refractivity contribution in [3.63, 3.8) is 0 Å². The van der Waals surface area contributed by atoms with Crippen LogP contribution in [0.5, 0.6) is 0 Å². The van der Waals surface area contributed by atoms with Crippen molar-refractivity contribution < 1.29 is 23.1 Å². The number of carbonyl (C=O) groups excluding carboxylic acids is 1. The van der Waals surface area contributed by atoms with Gasteiger partial charge in [0, 0.05) is 42.0 Å². The molecule has 0 aliphatic carbocycles. The molecule has 3 rings (SSSR count). The Kier molecular flexibility index (Phi) is 6.64. The predicted octanol–water partition coefficient (Wildman–Crippen LogP) is 2.89. The average Bonchev–Trinajstić information content (AvgIpc) is 3.01. The summed E-state index contributed by atoms with van der Waals surface area (Å²) in [5.74, 6) is -1.62. The number of nitrogens with zero attached hydrogens (tertiary/aromatic N) is 1. The van der Waals surface area contributed by atoms with Gasteiger partial charge in [0.1, 0.15) is 6.04 Å². The van der Waals surface area contributed by atoms with Gasteiger partial charge in [-0.2, -0.15) is 0 Å². The van der Waals surface area contributed by atoms with E-state index in [0.29, 0.717) is 16.9 Å². The molecule has 0 unspecified atom stereocenters. The zero-order valence-electron chi connectivity index (χ0n) is 15.4. The van der Waals surface area contributed by atoms with Crippen LogP contribution in [-0.2, 0) is 21.1 Å². The fraction of sp³-hybridized carbons (Fsp3) is 0.211. The van der Waals surface area contributed by atoms with E-state index in [1.165, 1.54) is 12.4 Å². The van der Waals surface area contributed by atoms with Crippen LogP contribution < -0.4 is 10.6 Å². The largest absolute Gasteiger partial charge is 0.480 e. The molecule has 11 heteroatoms. The predicted molar refractivity (Wildman–Crippen MR) is 113 cm³/mol. The topological polar surface area (TPSA) is 125 Å². The molecule has 1 aromatic heterocycles. The van der Waals surface area contributed by atoms with Gasteiger partial charge in [-0.05, 0) is 17.7 Å². The van der Waals surface area contributed by atoms with Crippen molar-refractivity contribution in [1.29, 1.82) is 0 Å². The lowest BCUT2D eigenvalue weighted by Gasteiger charge is -2.16. The van der Waals surface area contributed by atoms with Gasteiger partial charge in [0.2, 0.25) is 0 Å². The number of allylic oxidation sites excluding steroid dienone is 1. The molecule has 1 aliphatic rings. The molecule has 0 spiro atoms. The monoisotopic (exact) mass is 469 g/mol. The second-order valence-electron chi connectivity index (χ2n) is 6.63. The number of pyridine rings is 1. The summed E-state index contributed by atoms with van der Waals surface area (Å²) in [5, 5.41) is 16.2. The number of rotatable bonds is 7. The van der Waals surface area contributed by atoms with Crippen LogP contribution in [-0.4, -0.2) is 42.2 Å². The van der Waals surface area contributed by atoms with E-state index in [9.17, 15) is 23.1 Å². The van der Waals surface area contributed by atoms with Gasteiger partial charge in [0.25, 0.3) is 5.91 Å². The van der Waals surface area contributed by atoms with Gasteiger partial charge < -0.3 is 15.7 Å². The molecule has 30 heavy (non-hydrogen) atoms. The van der Waals surface area contributed by atoms with E-state index in [4.69, 9.17) is 23.2 Å². The van der Waals surface area contributed by atoms with Crippen molar-refractivity contribution in [2.75, 3.05) is 11.1 Å². The number of carboxylic acid groups (broad SMARTS) is 1. The number of benzene rings is 1. The second-order valence-corrected chi connectivity index (χ2v) is 9.41. The van der Waals surface area contributed by atoms with Crippen molar-refractivity contribution in [1.82, 2.24) is 10.3 Å². The van der Waals surface area contributed by atoms with Crippen LogP contribution in [0.15, 0.2) is 47.8 Å². The van der Waals surface area contributed by atoms with Crippen molar-refractivity contribution in [2.24, 2.45) is 0 Å². The van der Waals surface area contributed by atoms with Crippen LogP contribution in [0.1, 0.15) is 22.3 Å². The van der Waals surface area contributed by atoms with Crippen molar-refractivity contribution >= 4 is 50.6 Å². The van der Waals surface area contributed by atoms with Crippen LogP contribution in [0.2, 0.25) is 10.0 Å². The molecule has 3 N–H and O–H groups in total. The molecule has 2 heterocycles. The fourth-order valence-electron chi connectivity index (χ4n) is 2.90. The Morgan fingerprint density at radius 2 is 1.77 bits per heavy atom. The van der Waals surface area contributed by atoms with Crippen LogP contribution >= 0.6 is 23.2 Å². The Hall–Kier alpha value is -2.62. The van der Waals surface area contributed by atoms with E-state index in [1.807, 2.05) is 0 Å². The fourth-order valence-corrected chi connectivity index (χ4v) is 4.68. The Balaban J connectivity index is 1.67. The molecular formula is C19H17Cl2N3O5S. The van der Waals surface area contributed by atoms with E-state index in [0.717, 1.165) is 5.41 Å². The number of hydrogen-bond acceptors (Lipinski definition) is 6. The second kappa shape index (κ2) is 9.03. The quantitative estimate of drug-likeness (QED) is 0.568. The third-order valence-corrected chi connectivity index (χ3v) is 6.36. The zero-order chi connectivity index (χ0) is 21.9. The smallest absolute Gasteiger partial charge is 0.326 e. The SMILES string of the molecule is O=C(Nc1ccc(C[C@H](NC2=CS(=O)(=O)CC2)C(=O)O)cc1)c1c(Cl)cncc1Cl. The molecule has 8 nitrogen and oxygen atoms in total. The van der Waals surface area contributed by atoms with E-state index >= 15 is 0 Å². The van der Waals surface area contributed by atoms with Crippen molar-refractivity contribution in [2.45, 2.75) is 18.9 Å². The lowest BCUT2D eigenvalue weighted by atomic mass is 10.0. The number of halogens is 2. The minimum absolute atomic E-state index is 0.0262. The summed E-state index contributed by atoms with van der Waals surface area (Å²) in [5.41, 5.74) is 1.65. The number of aromatic nitrogens is 1. The normalized spacial score (nSPS) is 15.9. The van der Waals surface area contributed by atoms with E-state index in [1.54, 1.807) is 24.3 Å². The first kappa shape index (κ1) is 22.1. The molecule has 158 valence electrons. The van der Waals surface area contributed by atoms with Gasteiger partial charge in [0.15, 0.2) is 9.84 Å². The summed E-state index contributed by atoms with van der Waals surface area (Å²) in [6.45, 7) is 0. The van der Waals surface area contributed by atoms with E-state index < -0.39 is 27.8 Å². The number of amides is 1. The van der Waals surface area contributed by atoms with Crippen molar-refractivity contribution in [3.8, 4) is 0 Å². The maximum atomic E-state index is 12.4. The van der Waals surface area contributed by atoms with E-state index in [-0.39, 0.29) is 34.2 Å². The number of nitrogens with one attached hydrogen (secondary N) is 2. The zero-order valence-corrected chi connectivity index (χ0v) is 17.8. The first-order chi connectivity index (χ1) is 14.1.